The fraction of sp³-hybridized carbons (Fsp3) is 0.548. The van der Waals surface area contributed by atoms with E-state index in [-0.39, 0.29) is 23.8 Å². The summed E-state index contributed by atoms with van der Waals surface area (Å²) in [4.78, 5) is 28.0. The van der Waals surface area contributed by atoms with Crippen LogP contribution in [0, 0.1) is 18.8 Å². The van der Waals surface area contributed by atoms with Gasteiger partial charge in [-0.15, -0.1) is 0 Å². The number of carbonyl (C=O) groups is 2. The van der Waals surface area contributed by atoms with Crippen LogP contribution in [0.2, 0.25) is 5.02 Å². The summed E-state index contributed by atoms with van der Waals surface area (Å²) >= 11 is 6.80. The first-order valence-electron chi connectivity index (χ1n) is 14.1. The molecule has 212 valence electrons. The van der Waals surface area contributed by atoms with Crippen molar-refractivity contribution in [2.75, 3.05) is 26.7 Å². The third-order valence-electron chi connectivity index (χ3n) is 8.66. The SMILES string of the molecule is Cc1cccc(Cc2c(Cl)cccc2C(O)(CCCN(C)C(=O)O)C2CCCN(C(=O)C3CCC(N)C3)C2)c1. The van der Waals surface area contributed by atoms with Gasteiger partial charge in [0.15, 0.2) is 0 Å². The van der Waals surface area contributed by atoms with E-state index in [1.54, 1.807) is 0 Å². The van der Waals surface area contributed by atoms with E-state index in [1.165, 1.54) is 11.9 Å². The molecule has 1 saturated carbocycles. The number of hydrogen-bond acceptors (Lipinski definition) is 4. The highest BCUT2D eigenvalue weighted by molar-refractivity contribution is 6.31. The van der Waals surface area contributed by atoms with Crippen LogP contribution in [0.3, 0.4) is 0 Å². The molecule has 2 fully saturated rings. The fourth-order valence-corrected chi connectivity index (χ4v) is 6.72. The summed E-state index contributed by atoms with van der Waals surface area (Å²) in [6.07, 6.45) is 4.43. The van der Waals surface area contributed by atoms with Crippen molar-refractivity contribution in [2.24, 2.45) is 17.6 Å². The zero-order valence-corrected chi connectivity index (χ0v) is 23.9. The van der Waals surface area contributed by atoms with Crippen molar-refractivity contribution in [1.82, 2.24) is 9.80 Å². The molecule has 2 aromatic carbocycles. The zero-order valence-electron chi connectivity index (χ0n) is 23.1. The van der Waals surface area contributed by atoms with Gasteiger partial charge in [0, 0.05) is 49.6 Å². The molecule has 4 unspecified atom stereocenters. The monoisotopic (exact) mass is 555 g/mol. The van der Waals surface area contributed by atoms with Gasteiger partial charge in [0.05, 0.1) is 5.60 Å². The highest BCUT2D eigenvalue weighted by Crippen LogP contribution is 2.43. The predicted molar refractivity (Wildman–Crippen MR) is 154 cm³/mol. The fourth-order valence-electron chi connectivity index (χ4n) is 6.48. The number of benzene rings is 2. The lowest BCUT2D eigenvalue weighted by molar-refractivity contribution is -0.141. The molecule has 1 aliphatic heterocycles. The summed E-state index contributed by atoms with van der Waals surface area (Å²) in [5, 5.41) is 22.6. The molecule has 0 spiro atoms. The molecule has 0 radical (unpaired) electrons. The second kappa shape index (κ2) is 12.7. The summed E-state index contributed by atoms with van der Waals surface area (Å²) in [5.74, 6) is -0.0964. The molecule has 1 saturated heterocycles. The lowest BCUT2D eigenvalue weighted by Gasteiger charge is -2.44. The molecule has 4 rings (SSSR count). The molecule has 1 aliphatic carbocycles. The van der Waals surface area contributed by atoms with Crippen LogP contribution in [0.25, 0.3) is 0 Å². The molecule has 2 aliphatic rings. The van der Waals surface area contributed by atoms with Gasteiger partial charge in [-0.2, -0.15) is 0 Å². The second-order valence-electron chi connectivity index (χ2n) is 11.6. The second-order valence-corrected chi connectivity index (χ2v) is 12.0. The summed E-state index contributed by atoms with van der Waals surface area (Å²) < 4.78 is 0. The zero-order chi connectivity index (χ0) is 28.2. The largest absolute Gasteiger partial charge is 0.465 e. The van der Waals surface area contributed by atoms with Crippen molar-refractivity contribution in [3.63, 3.8) is 0 Å². The average molecular weight is 556 g/mol. The Balaban J connectivity index is 1.66. The number of carboxylic acid groups (broad SMARTS) is 1. The number of carbonyl (C=O) groups excluding carboxylic acids is 1. The number of hydrogen-bond donors (Lipinski definition) is 3. The van der Waals surface area contributed by atoms with Crippen LogP contribution in [0.5, 0.6) is 0 Å². The Hall–Kier alpha value is -2.61. The Morgan fingerprint density at radius 1 is 1.18 bits per heavy atom. The van der Waals surface area contributed by atoms with Crippen molar-refractivity contribution >= 4 is 23.6 Å². The van der Waals surface area contributed by atoms with Crippen LogP contribution >= 0.6 is 11.6 Å². The molecule has 4 atom stereocenters. The topological polar surface area (TPSA) is 107 Å². The highest BCUT2D eigenvalue weighted by atomic mass is 35.5. The summed E-state index contributed by atoms with van der Waals surface area (Å²) in [7, 11) is 1.54. The Morgan fingerprint density at radius 2 is 1.95 bits per heavy atom. The van der Waals surface area contributed by atoms with Crippen molar-refractivity contribution in [3.05, 3.63) is 69.7 Å². The molecule has 1 heterocycles. The van der Waals surface area contributed by atoms with E-state index in [2.05, 4.69) is 25.1 Å². The molecule has 2 aromatic rings. The smallest absolute Gasteiger partial charge is 0.407 e. The summed E-state index contributed by atoms with van der Waals surface area (Å²) in [6, 6.07) is 14.0. The first-order valence-corrected chi connectivity index (χ1v) is 14.5. The van der Waals surface area contributed by atoms with E-state index in [4.69, 9.17) is 17.3 Å². The lowest BCUT2D eigenvalue weighted by Crippen LogP contribution is -2.50. The molecule has 0 bridgehead atoms. The number of halogens is 1. The van der Waals surface area contributed by atoms with Crippen LogP contribution < -0.4 is 5.73 Å². The van der Waals surface area contributed by atoms with E-state index in [0.717, 1.165) is 54.4 Å². The van der Waals surface area contributed by atoms with Gasteiger partial charge in [0.25, 0.3) is 0 Å². The molecular formula is C31H42ClN3O4. The van der Waals surface area contributed by atoms with Crippen molar-refractivity contribution in [1.29, 1.82) is 0 Å². The average Bonchev–Trinajstić information content (AvgIpc) is 3.35. The van der Waals surface area contributed by atoms with Crippen molar-refractivity contribution in [3.8, 4) is 0 Å². The molecule has 4 N–H and O–H groups in total. The van der Waals surface area contributed by atoms with Crippen LogP contribution in [0.4, 0.5) is 4.79 Å². The van der Waals surface area contributed by atoms with Crippen molar-refractivity contribution in [2.45, 2.75) is 69.9 Å². The first-order chi connectivity index (χ1) is 18.6. The van der Waals surface area contributed by atoms with Crippen LogP contribution in [-0.2, 0) is 16.8 Å². The van der Waals surface area contributed by atoms with E-state index < -0.39 is 11.7 Å². The maximum Gasteiger partial charge on any atom is 0.407 e. The van der Waals surface area contributed by atoms with Gasteiger partial charge in [-0.25, -0.2) is 4.79 Å². The maximum atomic E-state index is 13.4. The highest BCUT2D eigenvalue weighted by Gasteiger charge is 2.44. The standard InChI is InChI=1S/C31H42ClN3O4/c1-21-7-3-8-22(17-21)18-26-27(10-4-11-28(26)32)31(39,14-6-15-34(2)30(37)38)24-9-5-16-35(20-24)29(36)23-12-13-25(33)19-23/h3-4,7-8,10-11,17,23-25,39H,5-6,9,12-16,18-20,33H2,1-2H3,(H,37,38). The number of rotatable bonds is 9. The number of aryl methyl sites for hydroxylation is 1. The van der Waals surface area contributed by atoms with Gasteiger partial charge >= 0.3 is 6.09 Å². The third kappa shape index (κ3) is 6.94. The van der Waals surface area contributed by atoms with E-state index in [9.17, 15) is 19.8 Å². The van der Waals surface area contributed by atoms with Gasteiger partial charge in [-0.05, 0) is 81.0 Å². The van der Waals surface area contributed by atoms with E-state index in [1.807, 2.05) is 29.2 Å². The predicted octanol–water partition coefficient (Wildman–Crippen LogP) is 5.18. The minimum atomic E-state index is -1.27. The Kier molecular flexibility index (Phi) is 9.57. The molecule has 8 heteroatoms. The van der Waals surface area contributed by atoms with Crippen LogP contribution in [0.15, 0.2) is 42.5 Å². The van der Waals surface area contributed by atoms with E-state index in [0.29, 0.717) is 43.9 Å². The minimum absolute atomic E-state index is 0.0425. The number of nitrogens with two attached hydrogens (primary N) is 1. The van der Waals surface area contributed by atoms with Gasteiger partial charge in [-0.1, -0.05) is 53.6 Å². The summed E-state index contributed by atoms with van der Waals surface area (Å²) in [6.45, 7) is 3.51. The quantitative estimate of drug-likeness (QED) is 0.395. The maximum absolute atomic E-state index is 13.4. The number of nitrogens with zero attached hydrogens (tertiary/aromatic N) is 2. The summed E-state index contributed by atoms with van der Waals surface area (Å²) in [5.41, 5.74) is 8.74. The van der Waals surface area contributed by atoms with Crippen molar-refractivity contribution < 1.29 is 19.8 Å². The first kappa shape index (κ1) is 29.4. The third-order valence-corrected chi connectivity index (χ3v) is 9.01. The number of amides is 2. The number of piperidine rings is 1. The molecule has 0 aromatic heterocycles. The number of aliphatic hydroxyl groups is 1. The van der Waals surface area contributed by atoms with Gasteiger partial charge in [0.1, 0.15) is 0 Å². The van der Waals surface area contributed by atoms with Gasteiger partial charge < -0.3 is 25.7 Å². The lowest BCUT2D eigenvalue weighted by atomic mass is 9.72. The Labute approximate surface area is 236 Å². The Bertz CT molecular complexity index is 1170. The van der Waals surface area contributed by atoms with E-state index >= 15 is 0 Å². The van der Waals surface area contributed by atoms with Gasteiger partial charge in [-0.3, -0.25) is 4.79 Å². The molecular weight excluding hydrogens is 514 g/mol. The normalized spacial score (nSPS) is 22.9. The number of likely N-dealkylation sites (tertiary alicyclic amines) is 1. The van der Waals surface area contributed by atoms with Gasteiger partial charge in [0.2, 0.25) is 5.91 Å². The molecule has 2 amide bonds. The molecule has 39 heavy (non-hydrogen) atoms. The minimum Gasteiger partial charge on any atom is -0.465 e. The Morgan fingerprint density at radius 3 is 2.64 bits per heavy atom. The molecule has 7 nitrogen and oxygen atoms in total. The van der Waals surface area contributed by atoms with Crippen LogP contribution in [-0.4, -0.2) is 64.7 Å². The van der Waals surface area contributed by atoms with Crippen LogP contribution in [0.1, 0.15) is 67.2 Å².